The molecule has 4 aromatic heterocycles. The number of aromatic nitrogens is 2. The van der Waals surface area contributed by atoms with Gasteiger partial charge < -0.3 is 4.90 Å². The molecule has 0 unspecified atom stereocenters. The van der Waals surface area contributed by atoms with Crippen molar-refractivity contribution in [1.29, 1.82) is 0 Å². The van der Waals surface area contributed by atoms with Gasteiger partial charge in [-0.05, 0) is 134 Å². The molecule has 72 heavy (non-hydrogen) atoms. The van der Waals surface area contributed by atoms with Gasteiger partial charge in [0.15, 0.2) is 0 Å². The van der Waals surface area contributed by atoms with E-state index in [1.54, 1.807) is 0 Å². The van der Waals surface area contributed by atoms with E-state index in [9.17, 15) is 0 Å². The maximum Gasteiger partial charge on any atom is 0.279 e. The fourth-order valence-corrected chi connectivity index (χ4v) is 15.1. The molecule has 0 atom stereocenters. The van der Waals surface area contributed by atoms with Crippen molar-refractivity contribution in [2.75, 3.05) is 9.80 Å². The van der Waals surface area contributed by atoms with Crippen molar-refractivity contribution in [3.63, 3.8) is 0 Å². The van der Waals surface area contributed by atoms with Crippen molar-refractivity contribution < 1.29 is 0 Å². The highest BCUT2D eigenvalue weighted by molar-refractivity contribution is 7.40. The molecule has 0 amide bonds. The van der Waals surface area contributed by atoms with E-state index < -0.39 is 0 Å². The molecule has 4 nitrogen and oxygen atoms in total. The van der Waals surface area contributed by atoms with Gasteiger partial charge in [-0.1, -0.05) is 157 Å². The molecule has 360 valence electrons. The summed E-state index contributed by atoms with van der Waals surface area (Å²) in [6.45, 7) is 30.8. The molecule has 0 N–H and O–H groups in total. The number of fused-ring (bicyclic) bond motifs is 13. The molecule has 0 fully saturated rings. The lowest BCUT2D eigenvalue weighted by Crippen LogP contribution is -2.59. The summed E-state index contributed by atoms with van der Waals surface area (Å²) >= 11 is 3.98. The van der Waals surface area contributed by atoms with Crippen LogP contribution in [0.25, 0.3) is 47.8 Å². The van der Waals surface area contributed by atoms with Crippen LogP contribution >= 0.6 is 22.7 Å². The average molecular weight is 977 g/mol. The molecule has 0 spiro atoms. The van der Waals surface area contributed by atoms with Crippen LogP contribution in [0.1, 0.15) is 131 Å². The van der Waals surface area contributed by atoms with E-state index in [0.717, 1.165) is 34.8 Å². The Morgan fingerprint density at radius 3 is 1.61 bits per heavy atom. The number of hydrogen-bond donors (Lipinski definition) is 0. The number of para-hydroxylation sites is 2. The van der Waals surface area contributed by atoms with Gasteiger partial charge in [0.05, 0.1) is 28.0 Å². The lowest BCUT2D eigenvalue weighted by molar-refractivity contribution is 0.332. The molecule has 3 aliphatic rings. The minimum absolute atomic E-state index is 0.00388. The molecule has 1 aliphatic carbocycles. The van der Waals surface area contributed by atoms with E-state index in [1.165, 1.54) is 103 Å². The van der Waals surface area contributed by atoms with Crippen molar-refractivity contribution in [3.05, 3.63) is 161 Å². The predicted molar refractivity (Wildman–Crippen MR) is 315 cm³/mol. The van der Waals surface area contributed by atoms with Crippen LogP contribution in [0.15, 0.2) is 133 Å². The number of thiophene rings is 2. The first-order valence-corrected chi connectivity index (χ1v) is 27.8. The van der Waals surface area contributed by atoms with Crippen LogP contribution in [0.5, 0.6) is 0 Å². The Morgan fingerprint density at radius 2 is 1.01 bits per heavy atom. The molecule has 13 rings (SSSR count). The van der Waals surface area contributed by atoms with Crippen LogP contribution in [0, 0.1) is 0 Å². The van der Waals surface area contributed by atoms with Gasteiger partial charge in [0.2, 0.25) is 0 Å². The van der Waals surface area contributed by atoms with Crippen LogP contribution in [0.3, 0.4) is 0 Å². The first-order valence-electron chi connectivity index (χ1n) is 26.1. The van der Waals surface area contributed by atoms with Gasteiger partial charge in [0.1, 0.15) is 11.5 Å². The minimum Gasteiger partial charge on any atom is -0.309 e. The second kappa shape index (κ2) is 15.2. The summed E-state index contributed by atoms with van der Waals surface area (Å²) in [5, 5.41) is 5.01. The monoisotopic (exact) mass is 976 g/mol. The normalized spacial score (nSPS) is 16.2. The number of rotatable bonds is 3. The summed E-state index contributed by atoms with van der Waals surface area (Å²) in [6, 6.07) is 51.6. The third kappa shape index (κ3) is 6.64. The largest absolute Gasteiger partial charge is 0.309 e. The molecule has 6 heterocycles. The Balaban J connectivity index is 1.25. The Morgan fingerprint density at radius 1 is 0.486 bits per heavy atom. The first-order chi connectivity index (χ1) is 34.1. The summed E-state index contributed by atoms with van der Waals surface area (Å²) in [5.41, 5.74) is 17.6. The van der Waals surface area contributed by atoms with Crippen LogP contribution in [-0.4, -0.2) is 16.3 Å². The van der Waals surface area contributed by atoms with Gasteiger partial charge in [0.25, 0.3) is 6.71 Å². The van der Waals surface area contributed by atoms with E-state index in [0.29, 0.717) is 0 Å². The van der Waals surface area contributed by atoms with Crippen molar-refractivity contribution in [3.8, 4) is 5.69 Å². The highest BCUT2D eigenvalue weighted by atomic mass is 32.1. The topological polar surface area (TPSA) is 24.3 Å². The SMILES string of the molecule is CC(C)(C)c1ccc(N2c3nc4c(c5c3B(c3sc6ccc(C(C)(C)C)cc6c32)c2sc3ccc(C(C)(C)C)cc3c2N5c2ccc3c(c2)C(C)(C)CCC3(C)C)c2ccccc2n4-c2ccccc2)cc1. The molecule has 0 radical (unpaired) electrons. The van der Waals surface area contributed by atoms with Gasteiger partial charge in [-0.25, -0.2) is 4.98 Å². The number of nitrogens with zero attached hydrogens (tertiary/aromatic N) is 4. The van der Waals surface area contributed by atoms with Crippen molar-refractivity contribution in [1.82, 2.24) is 9.55 Å². The first kappa shape index (κ1) is 45.7. The summed E-state index contributed by atoms with van der Waals surface area (Å²) in [5.74, 6) is 1.00. The van der Waals surface area contributed by atoms with E-state index in [4.69, 9.17) is 4.98 Å². The maximum absolute atomic E-state index is 6.19. The fourth-order valence-electron chi connectivity index (χ4n) is 12.4. The average Bonchev–Trinajstić information content (AvgIpc) is 4.02. The highest BCUT2D eigenvalue weighted by Gasteiger charge is 2.50. The number of pyridine rings is 1. The second-order valence-corrected chi connectivity index (χ2v) is 27.7. The molecule has 0 bridgehead atoms. The van der Waals surface area contributed by atoms with E-state index in [-0.39, 0.29) is 33.8 Å². The highest BCUT2D eigenvalue weighted by Crippen LogP contribution is 2.55. The van der Waals surface area contributed by atoms with E-state index >= 15 is 0 Å². The smallest absolute Gasteiger partial charge is 0.279 e. The summed E-state index contributed by atoms with van der Waals surface area (Å²) in [4.78, 5) is 11.5. The fraction of sp³-hybridized carbons (Fsp3) is 0.308. The van der Waals surface area contributed by atoms with Crippen molar-refractivity contribution >= 4 is 121 Å². The molecular weight excluding hydrogens is 912 g/mol. The Labute approximate surface area is 434 Å². The molecule has 6 aromatic carbocycles. The van der Waals surface area contributed by atoms with Crippen LogP contribution in [0.4, 0.5) is 34.3 Å². The van der Waals surface area contributed by atoms with Crippen LogP contribution in [0.2, 0.25) is 0 Å². The zero-order chi connectivity index (χ0) is 50.2. The molecule has 10 aromatic rings. The van der Waals surface area contributed by atoms with Crippen LogP contribution in [-0.2, 0) is 27.1 Å². The third-order valence-corrected chi connectivity index (χ3v) is 19.1. The van der Waals surface area contributed by atoms with Gasteiger partial charge in [-0.2, -0.15) is 0 Å². The maximum atomic E-state index is 6.19. The third-order valence-electron chi connectivity index (χ3n) is 16.7. The standard InChI is InChI=1S/C65H65BN4S2/c1-61(2,3)38-23-27-42(28-24-38)70-55-46-36-40(63(7,8)9)26-32-51(46)72-58(55)66-53-56(52-44-21-17-18-22-49(44)68(59(52)67-60(53)70)41-19-15-14-16-20-41)69(43-29-30-47-48(37-43)65(12,13)34-33-64(47,10)11)54-45-35-39(62(4,5)6)25-31-50(45)71-57(54)66/h14-32,35-37H,33-34H2,1-13H3. The predicted octanol–water partition coefficient (Wildman–Crippen LogP) is 16.9. The van der Waals surface area contributed by atoms with E-state index in [1.807, 2.05) is 22.7 Å². The van der Waals surface area contributed by atoms with Crippen molar-refractivity contribution in [2.24, 2.45) is 0 Å². The Kier molecular flexibility index (Phi) is 9.65. The lowest BCUT2D eigenvalue weighted by Gasteiger charge is -2.44. The van der Waals surface area contributed by atoms with Gasteiger partial charge in [0, 0.05) is 57.6 Å². The summed E-state index contributed by atoms with van der Waals surface area (Å²) in [6.07, 6.45) is 2.32. The quantitative estimate of drug-likeness (QED) is 0.165. The van der Waals surface area contributed by atoms with Gasteiger partial charge >= 0.3 is 0 Å². The molecule has 0 saturated heterocycles. The van der Waals surface area contributed by atoms with Gasteiger partial charge in [-0.15, -0.1) is 22.7 Å². The van der Waals surface area contributed by atoms with E-state index in [2.05, 4.69) is 238 Å². The minimum atomic E-state index is -0.0592. The summed E-state index contributed by atoms with van der Waals surface area (Å²) in [7, 11) is 0. The molecule has 7 heteroatoms. The number of anilines is 6. The number of benzene rings is 6. The van der Waals surface area contributed by atoms with Gasteiger partial charge in [-0.3, -0.25) is 9.47 Å². The zero-order valence-electron chi connectivity index (χ0n) is 44.3. The molecular formula is C65H65BN4S2. The Hall–Kier alpha value is -6.15. The Bertz CT molecular complexity index is 3880. The zero-order valence-corrected chi connectivity index (χ0v) is 45.9. The molecule has 0 saturated carbocycles. The number of hydrogen-bond acceptors (Lipinski definition) is 5. The van der Waals surface area contributed by atoms with Crippen LogP contribution < -0.4 is 24.8 Å². The molecule has 2 aliphatic heterocycles. The summed E-state index contributed by atoms with van der Waals surface area (Å²) < 4.78 is 7.84. The lowest BCUT2D eigenvalue weighted by atomic mass is 9.39. The second-order valence-electron chi connectivity index (χ2n) is 25.5. The van der Waals surface area contributed by atoms with Crippen molar-refractivity contribution in [2.45, 2.75) is 130 Å².